The molecule has 2 aliphatic heterocycles. The highest BCUT2D eigenvalue weighted by atomic mass is 16.5. The highest BCUT2D eigenvalue weighted by molar-refractivity contribution is 5.74. The van der Waals surface area contributed by atoms with Gasteiger partial charge in [0.25, 0.3) is 0 Å². The number of fused-ring (bicyclic) bond motifs is 1. The number of hydrogen-bond donors (Lipinski definition) is 2. The van der Waals surface area contributed by atoms with Crippen LogP contribution in [0, 0.1) is 0 Å². The average Bonchev–Trinajstić information content (AvgIpc) is 2.89. The van der Waals surface area contributed by atoms with Crippen LogP contribution in [0.15, 0.2) is 55.0 Å². The molecule has 34 heavy (non-hydrogen) atoms. The molecule has 4 heterocycles. The molecule has 0 bridgehead atoms. The summed E-state index contributed by atoms with van der Waals surface area (Å²) in [5.74, 6) is 2.20. The lowest BCUT2D eigenvalue weighted by Crippen LogP contribution is -2.36. The topological polar surface area (TPSA) is 79.4 Å². The van der Waals surface area contributed by atoms with Crippen LogP contribution in [0.2, 0.25) is 0 Å². The van der Waals surface area contributed by atoms with Gasteiger partial charge in [-0.15, -0.1) is 0 Å². The molecule has 0 radical (unpaired) electrons. The van der Waals surface area contributed by atoms with Gasteiger partial charge in [-0.1, -0.05) is 12.1 Å². The van der Waals surface area contributed by atoms with Crippen LogP contribution >= 0.6 is 0 Å². The standard InChI is InChI=1S/C27H29N5O2/c1-18(33)32-11-8-20(9-12-32)19-3-5-23(6-4-19)30-27-25-17-28-10-7-21(25)14-26(31-27)22-13-24(34-2)16-29-15-22/h3-7,10,13-16,20,28H,8-9,11-12,17H2,1-2H3,(H,30,31). The van der Waals surface area contributed by atoms with Crippen LogP contribution in [-0.4, -0.2) is 41.0 Å². The molecule has 7 nitrogen and oxygen atoms in total. The van der Waals surface area contributed by atoms with E-state index < -0.39 is 0 Å². The second kappa shape index (κ2) is 9.55. The molecule has 0 atom stereocenters. The first-order valence-electron chi connectivity index (χ1n) is 11.7. The number of rotatable bonds is 5. The molecule has 3 aromatic rings. The number of nitrogens with one attached hydrogen (secondary N) is 2. The average molecular weight is 456 g/mol. The van der Waals surface area contributed by atoms with Gasteiger partial charge < -0.3 is 20.3 Å². The quantitative estimate of drug-likeness (QED) is 0.581. The maximum atomic E-state index is 11.6. The zero-order valence-corrected chi connectivity index (χ0v) is 19.5. The number of aromatic nitrogens is 2. The number of anilines is 2. The number of carbonyl (C=O) groups is 1. The highest BCUT2D eigenvalue weighted by Gasteiger charge is 2.22. The summed E-state index contributed by atoms with van der Waals surface area (Å²) in [6.45, 7) is 4.04. The van der Waals surface area contributed by atoms with Gasteiger partial charge in [-0.3, -0.25) is 9.78 Å². The van der Waals surface area contributed by atoms with Gasteiger partial charge in [0.2, 0.25) is 5.91 Å². The molecule has 5 rings (SSSR count). The molecular weight excluding hydrogens is 426 g/mol. The molecule has 1 fully saturated rings. The van der Waals surface area contributed by atoms with E-state index in [1.807, 2.05) is 17.2 Å². The van der Waals surface area contributed by atoms with Crippen molar-refractivity contribution in [2.45, 2.75) is 32.2 Å². The van der Waals surface area contributed by atoms with Gasteiger partial charge in [-0.05, 0) is 66.4 Å². The Kier molecular flexibility index (Phi) is 6.16. The Bertz CT molecular complexity index is 1210. The molecule has 0 spiro atoms. The summed E-state index contributed by atoms with van der Waals surface area (Å²) in [5, 5.41) is 6.82. The van der Waals surface area contributed by atoms with Crippen LogP contribution in [0.4, 0.5) is 11.5 Å². The van der Waals surface area contributed by atoms with Crippen LogP contribution in [0.5, 0.6) is 5.75 Å². The van der Waals surface area contributed by atoms with E-state index in [1.54, 1.807) is 26.4 Å². The van der Waals surface area contributed by atoms with Gasteiger partial charge in [0.15, 0.2) is 0 Å². The van der Waals surface area contributed by atoms with E-state index in [4.69, 9.17) is 9.72 Å². The van der Waals surface area contributed by atoms with E-state index in [2.05, 4.69) is 52.0 Å². The maximum absolute atomic E-state index is 11.6. The summed E-state index contributed by atoms with van der Waals surface area (Å²) in [6, 6.07) is 12.7. The van der Waals surface area contributed by atoms with E-state index >= 15 is 0 Å². The first-order chi connectivity index (χ1) is 16.6. The number of ether oxygens (including phenoxy) is 1. The van der Waals surface area contributed by atoms with Crippen LogP contribution in [0.1, 0.15) is 42.4 Å². The number of hydrogen-bond acceptors (Lipinski definition) is 6. The summed E-state index contributed by atoms with van der Waals surface area (Å²) in [4.78, 5) is 22.8. The second-order valence-corrected chi connectivity index (χ2v) is 8.78. The minimum atomic E-state index is 0.171. The predicted octanol–water partition coefficient (Wildman–Crippen LogP) is 4.70. The molecule has 0 unspecified atom stereocenters. The van der Waals surface area contributed by atoms with Crippen LogP contribution in [-0.2, 0) is 11.3 Å². The molecule has 0 aliphatic carbocycles. The molecule has 0 saturated carbocycles. The fraction of sp³-hybridized carbons (Fsp3) is 0.296. The van der Waals surface area contributed by atoms with Crippen molar-refractivity contribution in [2.24, 2.45) is 0 Å². The van der Waals surface area contributed by atoms with Gasteiger partial charge in [-0.2, -0.15) is 0 Å². The largest absolute Gasteiger partial charge is 0.495 e. The Morgan fingerprint density at radius 1 is 1.15 bits per heavy atom. The maximum Gasteiger partial charge on any atom is 0.219 e. The number of methoxy groups -OCH3 is 1. The molecular formula is C27H29N5O2. The molecule has 1 saturated heterocycles. The Morgan fingerprint density at radius 2 is 1.94 bits per heavy atom. The number of piperidine rings is 1. The van der Waals surface area contributed by atoms with E-state index in [-0.39, 0.29) is 5.91 Å². The Hall–Kier alpha value is -3.87. The van der Waals surface area contributed by atoms with Gasteiger partial charge in [0.05, 0.1) is 19.0 Å². The van der Waals surface area contributed by atoms with Gasteiger partial charge in [0, 0.05) is 49.6 Å². The second-order valence-electron chi connectivity index (χ2n) is 8.78. The third-order valence-electron chi connectivity index (χ3n) is 6.65. The summed E-state index contributed by atoms with van der Waals surface area (Å²) in [7, 11) is 1.64. The summed E-state index contributed by atoms with van der Waals surface area (Å²) >= 11 is 0. The van der Waals surface area contributed by atoms with E-state index in [0.717, 1.165) is 59.8 Å². The fourth-order valence-corrected chi connectivity index (χ4v) is 4.66. The van der Waals surface area contributed by atoms with Crippen molar-refractivity contribution in [3.05, 3.63) is 71.7 Å². The first kappa shape index (κ1) is 21.9. The lowest BCUT2D eigenvalue weighted by Gasteiger charge is -2.31. The van der Waals surface area contributed by atoms with Crippen molar-refractivity contribution in [1.29, 1.82) is 0 Å². The minimum Gasteiger partial charge on any atom is -0.495 e. The Balaban J connectivity index is 1.38. The lowest BCUT2D eigenvalue weighted by atomic mass is 9.89. The summed E-state index contributed by atoms with van der Waals surface area (Å²) in [6.07, 6.45) is 9.55. The van der Waals surface area contributed by atoms with Crippen molar-refractivity contribution >= 4 is 23.5 Å². The SMILES string of the molecule is COc1cncc(-c2cc3c(c(Nc4ccc(C5CCN(C(C)=O)CC5)cc4)n2)CNC=C3)c1. The van der Waals surface area contributed by atoms with Crippen LogP contribution in [0.3, 0.4) is 0 Å². The molecule has 174 valence electrons. The molecule has 2 aromatic heterocycles. The Morgan fingerprint density at radius 3 is 2.68 bits per heavy atom. The van der Waals surface area contributed by atoms with Crippen molar-refractivity contribution in [2.75, 3.05) is 25.5 Å². The van der Waals surface area contributed by atoms with E-state index in [0.29, 0.717) is 18.2 Å². The molecule has 2 aliphatic rings. The number of amides is 1. The van der Waals surface area contributed by atoms with Crippen molar-refractivity contribution < 1.29 is 9.53 Å². The van der Waals surface area contributed by atoms with Gasteiger partial charge in [0.1, 0.15) is 11.6 Å². The number of nitrogens with zero attached hydrogens (tertiary/aromatic N) is 3. The molecule has 2 N–H and O–H groups in total. The minimum absolute atomic E-state index is 0.171. The summed E-state index contributed by atoms with van der Waals surface area (Å²) < 4.78 is 5.34. The monoisotopic (exact) mass is 455 g/mol. The number of carbonyl (C=O) groups excluding carboxylic acids is 1. The molecule has 1 amide bonds. The summed E-state index contributed by atoms with van der Waals surface area (Å²) in [5.41, 5.74) is 6.32. The van der Waals surface area contributed by atoms with E-state index in [1.165, 1.54) is 5.56 Å². The highest BCUT2D eigenvalue weighted by Crippen LogP contribution is 2.32. The number of benzene rings is 1. The van der Waals surface area contributed by atoms with Crippen molar-refractivity contribution in [1.82, 2.24) is 20.2 Å². The van der Waals surface area contributed by atoms with Gasteiger partial charge >= 0.3 is 0 Å². The number of likely N-dealkylation sites (tertiary alicyclic amines) is 1. The van der Waals surface area contributed by atoms with Crippen molar-refractivity contribution in [3.63, 3.8) is 0 Å². The Labute approximate surface area is 199 Å². The molecule has 7 heteroatoms. The third kappa shape index (κ3) is 4.59. The fourth-order valence-electron chi connectivity index (χ4n) is 4.66. The number of pyridine rings is 2. The van der Waals surface area contributed by atoms with Crippen molar-refractivity contribution in [3.8, 4) is 17.0 Å². The first-order valence-corrected chi connectivity index (χ1v) is 11.7. The zero-order chi connectivity index (χ0) is 23.5. The third-order valence-corrected chi connectivity index (χ3v) is 6.65. The lowest BCUT2D eigenvalue weighted by molar-refractivity contribution is -0.129. The normalized spacial score (nSPS) is 15.4. The smallest absolute Gasteiger partial charge is 0.219 e. The van der Waals surface area contributed by atoms with Crippen LogP contribution < -0.4 is 15.4 Å². The zero-order valence-electron chi connectivity index (χ0n) is 19.5. The predicted molar refractivity (Wildman–Crippen MR) is 134 cm³/mol. The molecule has 1 aromatic carbocycles. The van der Waals surface area contributed by atoms with E-state index in [9.17, 15) is 4.79 Å². The van der Waals surface area contributed by atoms with Crippen LogP contribution in [0.25, 0.3) is 17.3 Å². The van der Waals surface area contributed by atoms with Gasteiger partial charge in [-0.25, -0.2) is 4.98 Å².